The van der Waals surface area contributed by atoms with Crippen LogP contribution in [0.25, 0.3) is 0 Å². The van der Waals surface area contributed by atoms with Crippen LogP contribution in [0, 0.1) is 0 Å². The van der Waals surface area contributed by atoms with E-state index in [0.29, 0.717) is 5.82 Å². The monoisotopic (exact) mass is 282 g/mol. The molecular weight excluding hydrogens is 268 g/mol. The molecular formula is C11H14N4O3S. The second-order valence-corrected chi connectivity index (χ2v) is 5.50. The number of hydrogen-bond acceptors (Lipinski definition) is 6. The molecule has 0 amide bonds. The van der Waals surface area contributed by atoms with Crippen LogP contribution < -0.4 is 10.0 Å². The highest BCUT2D eigenvalue weighted by Gasteiger charge is 2.15. The fraction of sp³-hybridized carbons (Fsp3) is 0.273. The Balaban J connectivity index is 2.20. The summed E-state index contributed by atoms with van der Waals surface area (Å²) in [7, 11) is -3.66. The smallest absolute Gasteiger partial charge is 0.262 e. The van der Waals surface area contributed by atoms with E-state index in [1.165, 1.54) is 30.8 Å². The molecule has 2 aromatic heterocycles. The predicted molar refractivity (Wildman–Crippen MR) is 70.3 cm³/mol. The molecule has 2 rings (SSSR count). The Morgan fingerprint density at radius 2 is 2.26 bits per heavy atom. The maximum absolute atomic E-state index is 12.1. The average Bonchev–Trinajstić information content (AvgIpc) is 2.89. The quantitative estimate of drug-likeness (QED) is 0.836. The fourth-order valence-corrected chi connectivity index (χ4v) is 2.43. The minimum atomic E-state index is -3.66. The molecule has 0 bridgehead atoms. The number of rotatable bonds is 6. The van der Waals surface area contributed by atoms with Crippen molar-refractivity contribution >= 4 is 21.5 Å². The maximum Gasteiger partial charge on any atom is 0.262 e. The summed E-state index contributed by atoms with van der Waals surface area (Å²) in [6.07, 6.45) is 4.88. The Morgan fingerprint density at radius 1 is 1.42 bits per heavy atom. The van der Waals surface area contributed by atoms with Gasteiger partial charge in [-0.25, -0.2) is 13.4 Å². The largest absolute Gasteiger partial charge is 0.370 e. The molecule has 0 fully saturated rings. The molecule has 2 heterocycles. The summed E-state index contributed by atoms with van der Waals surface area (Å²) in [5.41, 5.74) is 0.278. The molecule has 0 radical (unpaired) electrons. The second-order valence-electron chi connectivity index (χ2n) is 3.82. The minimum absolute atomic E-state index is 0.127. The van der Waals surface area contributed by atoms with Crippen LogP contribution in [0.3, 0.4) is 0 Å². The van der Waals surface area contributed by atoms with Gasteiger partial charge in [-0.3, -0.25) is 4.72 Å². The van der Waals surface area contributed by atoms with Crippen LogP contribution in [0.4, 0.5) is 11.5 Å². The number of aromatic nitrogens is 2. The summed E-state index contributed by atoms with van der Waals surface area (Å²) >= 11 is 0. The van der Waals surface area contributed by atoms with Crippen LogP contribution in [-0.2, 0) is 10.0 Å². The molecule has 0 aromatic carbocycles. The summed E-state index contributed by atoms with van der Waals surface area (Å²) in [4.78, 5) is 4.18. The SMILES string of the molecule is CCCNc1cc(S(=O)(=O)Nc2cnoc2)ccn1. The Labute approximate surface area is 111 Å². The van der Waals surface area contributed by atoms with Crippen molar-refractivity contribution in [3.63, 3.8) is 0 Å². The van der Waals surface area contributed by atoms with E-state index in [1.54, 1.807) is 0 Å². The van der Waals surface area contributed by atoms with Crippen molar-refractivity contribution < 1.29 is 12.9 Å². The number of anilines is 2. The van der Waals surface area contributed by atoms with E-state index in [-0.39, 0.29) is 10.6 Å². The molecule has 0 aliphatic carbocycles. The lowest BCUT2D eigenvalue weighted by molar-refractivity contribution is 0.420. The average molecular weight is 282 g/mol. The number of pyridine rings is 1. The first-order chi connectivity index (χ1) is 9.12. The lowest BCUT2D eigenvalue weighted by Crippen LogP contribution is -2.13. The zero-order valence-corrected chi connectivity index (χ0v) is 11.1. The summed E-state index contributed by atoms with van der Waals surface area (Å²) < 4.78 is 31.1. The number of hydrogen-bond donors (Lipinski definition) is 2. The molecule has 2 N–H and O–H groups in total. The number of nitrogens with zero attached hydrogens (tertiary/aromatic N) is 2. The Bertz CT molecular complexity index is 625. The Morgan fingerprint density at radius 3 is 2.95 bits per heavy atom. The van der Waals surface area contributed by atoms with Crippen LogP contribution in [0.15, 0.2) is 40.2 Å². The van der Waals surface area contributed by atoms with Crippen molar-refractivity contribution in [3.05, 3.63) is 30.8 Å². The van der Waals surface area contributed by atoms with Crippen LogP contribution in [-0.4, -0.2) is 25.1 Å². The standard InChI is InChI=1S/C11H14N4O3S/c1-2-4-12-11-6-10(3-5-13-11)19(16,17)15-9-7-14-18-8-9/h3,5-8,15H,2,4H2,1H3,(H,12,13). The third-order valence-corrected chi connectivity index (χ3v) is 3.66. The van der Waals surface area contributed by atoms with Crippen molar-refractivity contribution in [3.8, 4) is 0 Å². The van der Waals surface area contributed by atoms with Gasteiger partial charge in [-0.2, -0.15) is 0 Å². The Hall–Kier alpha value is -2.09. The van der Waals surface area contributed by atoms with Crippen molar-refractivity contribution in [1.29, 1.82) is 0 Å². The van der Waals surface area contributed by atoms with E-state index >= 15 is 0 Å². The highest BCUT2D eigenvalue weighted by atomic mass is 32.2. The summed E-state index contributed by atoms with van der Waals surface area (Å²) in [5, 5.41) is 6.46. The Kier molecular flexibility index (Phi) is 4.00. The molecule has 0 aliphatic heterocycles. The minimum Gasteiger partial charge on any atom is -0.370 e. The zero-order valence-electron chi connectivity index (χ0n) is 10.3. The van der Waals surface area contributed by atoms with E-state index in [2.05, 4.69) is 24.7 Å². The van der Waals surface area contributed by atoms with Gasteiger partial charge in [-0.1, -0.05) is 12.1 Å². The molecule has 102 valence electrons. The van der Waals surface area contributed by atoms with Gasteiger partial charge in [0.05, 0.1) is 11.1 Å². The zero-order chi connectivity index (χ0) is 13.7. The van der Waals surface area contributed by atoms with Gasteiger partial charge in [0.2, 0.25) is 0 Å². The van der Waals surface area contributed by atoms with Crippen LogP contribution in [0.1, 0.15) is 13.3 Å². The summed E-state index contributed by atoms with van der Waals surface area (Å²) in [6, 6.07) is 2.90. The maximum atomic E-state index is 12.1. The van der Waals surface area contributed by atoms with Gasteiger partial charge in [-0.05, 0) is 12.5 Å². The van der Waals surface area contributed by atoms with Gasteiger partial charge >= 0.3 is 0 Å². The molecule has 19 heavy (non-hydrogen) atoms. The van der Waals surface area contributed by atoms with Gasteiger partial charge in [0.1, 0.15) is 17.8 Å². The van der Waals surface area contributed by atoms with Crippen LogP contribution in [0.5, 0.6) is 0 Å². The van der Waals surface area contributed by atoms with Crippen molar-refractivity contribution in [2.24, 2.45) is 0 Å². The van der Waals surface area contributed by atoms with Gasteiger partial charge in [0.25, 0.3) is 10.0 Å². The second kappa shape index (κ2) is 5.70. The molecule has 0 saturated heterocycles. The third kappa shape index (κ3) is 3.44. The van der Waals surface area contributed by atoms with E-state index in [4.69, 9.17) is 0 Å². The van der Waals surface area contributed by atoms with Gasteiger partial charge in [0.15, 0.2) is 0 Å². The third-order valence-electron chi connectivity index (χ3n) is 2.28. The molecule has 0 aliphatic rings. The molecule has 7 nitrogen and oxygen atoms in total. The summed E-state index contributed by atoms with van der Waals surface area (Å²) in [5.74, 6) is 0.523. The van der Waals surface area contributed by atoms with E-state index in [9.17, 15) is 8.42 Å². The first kappa shape index (κ1) is 13.3. The lowest BCUT2D eigenvalue weighted by atomic mass is 10.4. The number of sulfonamides is 1. The van der Waals surface area contributed by atoms with E-state index in [0.717, 1.165) is 13.0 Å². The van der Waals surface area contributed by atoms with Crippen LogP contribution in [0.2, 0.25) is 0 Å². The molecule has 0 spiro atoms. The highest BCUT2D eigenvalue weighted by molar-refractivity contribution is 7.92. The first-order valence-electron chi connectivity index (χ1n) is 5.74. The normalized spacial score (nSPS) is 11.2. The van der Waals surface area contributed by atoms with Gasteiger partial charge in [0, 0.05) is 18.8 Å². The van der Waals surface area contributed by atoms with Gasteiger partial charge < -0.3 is 9.84 Å². The van der Waals surface area contributed by atoms with E-state index < -0.39 is 10.0 Å². The lowest BCUT2D eigenvalue weighted by Gasteiger charge is -2.08. The molecule has 0 unspecified atom stereocenters. The van der Waals surface area contributed by atoms with Gasteiger partial charge in [-0.15, -0.1) is 0 Å². The molecule has 0 saturated carbocycles. The highest BCUT2D eigenvalue weighted by Crippen LogP contribution is 2.17. The molecule has 8 heteroatoms. The summed E-state index contributed by atoms with van der Waals surface area (Å²) in [6.45, 7) is 2.75. The van der Waals surface area contributed by atoms with Crippen LogP contribution >= 0.6 is 0 Å². The predicted octanol–water partition coefficient (Wildman–Crippen LogP) is 1.69. The number of nitrogens with one attached hydrogen (secondary N) is 2. The first-order valence-corrected chi connectivity index (χ1v) is 7.22. The van der Waals surface area contributed by atoms with E-state index in [1.807, 2.05) is 6.92 Å². The van der Waals surface area contributed by atoms with Crippen molar-refractivity contribution in [2.45, 2.75) is 18.2 Å². The fourth-order valence-electron chi connectivity index (χ4n) is 1.40. The molecule has 0 atom stereocenters. The molecule has 2 aromatic rings. The van der Waals surface area contributed by atoms with Crippen molar-refractivity contribution in [2.75, 3.05) is 16.6 Å². The van der Waals surface area contributed by atoms with Crippen molar-refractivity contribution in [1.82, 2.24) is 10.1 Å². The topological polar surface area (TPSA) is 97.1 Å².